The highest BCUT2D eigenvalue weighted by Gasteiger charge is 2.32. The lowest BCUT2D eigenvalue weighted by atomic mass is 10.2. The van der Waals surface area contributed by atoms with E-state index in [1.54, 1.807) is 18.2 Å². The van der Waals surface area contributed by atoms with Crippen molar-refractivity contribution in [1.82, 2.24) is 10.2 Å². The molecule has 0 unspecified atom stereocenters. The maximum atomic E-state index is 12.2. The van der Waals surface area contributed by atoms with E-state index in [1.807, 2.05) is 6.92 Å². The van der Waals surface area contributed by atoms with Gasteiger partial charge in [0.15, 0.2) is 6.61 Å². The molecule has 1 fully saturated rings. The van der Waals surface area contributed by atoms with Gasteiger partial charge in [0.25, 0.3) is 5.91 Å². The van der Waals surface area contributed by atoms with Crippen molar-refractivity contribution >= 4 is 55.8 Å². The molecule has 0 saturated carbocycles. The maximum Gasteiger partial charge on any atom is 0.341 e. The van der Waals surface area contributed by atoms with Gasteiger partial charge in [0.2, 0.25) is 0 Å². The Labute approximate surface area is 154 Å². The molecule has 0 radical (unpaired) electrons. The largest absolute Gasteiger partial charge is 0.480 e. The smallest absolute Gasteiger partial charge is 0.341 e. The average molecular weight is 462 g/mol. The van der Waals surface area contributed by atoms with E-state index in [-0.39, 0.29) is 11.6 Å². The average Bonchev–Trinajstić information content (AvgIpc) is 2.74. The lowest BCUT2D eigenvalue weighted by molar-refractivity contribution is -0.139. The minimum Gasteiger partial charge on any atom is -0.480 e. The number of aliphatic carboxylic acids is 1. The van der Waals surface area contributed by atoms with Crippen molar-refractivity contribution in [2.45, 2.75) is 13.3 Å². The van der Waals surface area contributed by atoms with Crippen molar-refractivity contribution in [2.75, 3.05) is 13.2 Å². The minimum atomic E-state index is -1.09. The van der Waals surface area contributed by atoms with E-state index in [9.17, 15) is 14.4 Å². The number of carboxylic acids is 1. The molecule has 9 heteroatoms. The Hall–Kier alpha value is -1.87. The standard InChI is InChI=1S/C15H14Br2N2O5/c1-2-3-19-14(22)11(18-15(19)23)6-8-4-9(16)13(10(17)5-8)24-7-12(20)21/h4-6H,2-3,7H2,1H3,(H,18,23)(H,20,21)/b11-6+. The van der Waals surface area contributed by atoms with Gasteiger partial charge in [-0.2, -0.15) is 0 Å². The highest BCUT2D eigenvalue weighted by molar-refractivity contribution is 9.11. The van der Waals surface area contributed by atoms with Gasteiger partial charge in [-0.05, 0) is 62.1 Å². The van der Waals surface area contributed by atoms with E-state index in [4.69, 9.17) is 9.84 Å². The van der Waals surface area contributed by atoms with Crippen LogP contribution in [0.2, 0.25) is 0 Å². The number of halogens is 2. The molecule has 0 spiro atoms. The number of nitrogens with zero attached hydrogens (tertiary/aromatic N) is 1. The van der Waals surface area contributed by atoms with Crippen molar-refractivity contribution < 1.29 is 24.2 Å². The topological polar surface area (TPSA) is 95.9 Å². The van der Waals surface area contributed by atoms with E-state index < -0.39 is 18.6 Å². The summed E-state index contributed by atoms with van der Waals surface area (Å²) < 4.78 is 6.22. The third kappa shape index (κ3) is 4.15. The molecule has 24 heavy (non-hydrogen) atoms. The van der Waals surface area contributed by atoms with Crippen molar-refractivity contribution in [3.8, 4) is 5.75 Å². The third-order valence-electron chi connectivity index (χ3n) is 3.08. The molecule has 1 heterocycles. The SMILES string of the molecule is CCCN1C(=O)N/C(=C/c2cc(Br)c(OCC(=O)O)c(Br)c2)C1=O. The molecule has 0 aromatic heterocycles. The Morgan fingerprint density at radius 3 is 2.50 bits per heavy atom. The summed E-state index contributed by atoms with van der Waals surface area (Å²) in [4.78, 5) is 35.7. The van der Waals surface area contributed by atoms with Crippen LogP contribution >= 0.6 is 31.9 Å². The Balaban J connectivity index is 2.26. The first kappa shape index (κ1) is 18.5. The van der Waals surface area contributed by atoms with Crippen molar-refractivity contribution in [2.24, 2.45) is 0 Å². The Bertz CT molecular complexity index is 710. The number of amides is 3. The number of carbonyl (C=O) groups excluding carboxylic acids is 2. The van der Waals surface area contributed by atoms with Crippen LogP contribution in [0.15, 0.2) is 26.8 Å². The van der Waals surface area contributed by atoms with E-state index in [2.05, 4.69) is 37.2 Å². The van der Waals surface area contributed by atoms with Gasteiger partial charge in [-0.15, -0.1) is 0 Å². The first-order chi connectivity index (χ1) is 11.3. The van der Waals surface area contributed by atoms with E-state index in [0.29, 0.717) is 33.2 Å². The quantitative estimate of drug-likeness (QED) is 0.501. The van der Waals surface area contributed by atoms with Crippen molar-refractivity contribution in [3.63, 3.8) is 0 Å². The van der Waals surface area contributed by atoms with Gasteiger partial charge in [-0.1, -0.05) is 6.92 Å². The van der Waals surface area contributed by atoms with Crippen LogP contribution in [0.3, 0.4) is 0 Å². The van der Waals surface area contributed by atoms with Crippen LogP contribution in [0.1, 0.15) is 18.9 Å². The van der Waals surface area contributed by atoms with Crippen LogP contribution in [0.25, 0.3) is 6.08 Å². The number of carbonyl (C=O) groups is 3. The second-order valence-corrected chi connectivity index (χ2v) is 6.65. The van der Waals surface area contributed by atoms with Gasteiger partial charge in [-0.3, -0.25) is 9.69 Å². The Morgan fingerprint density at radius 1 is 1.33 bits per heavy atom. The van der Waals surface area contributed by atoms with Gasteiger partial charge in [0.05, 0.1) is 8.95 Å². The number of hydrogen-bond acceptors (Lipinski definition) is 4. The fourth-order valence-corrected chi connectivity index (χ4v) is 3.55. The van der Waals surface area contributed by atoms with Crippen LogP contribution in [0.4, 0.5) is 4.79 Å². The van der Waals surface area contributed by atoms with E-state index in [1.165, 1.54) is 0 Å². The number of rotatable bonds is 6. The zero-order valence-electron chi connectivity index (χ0n) is 12.6. The summed E-state index contributed by atoms with van der Waals surface area (Å²) in [6.45, 7) is 1.77. The molecule has 1 aliphatic heterocycles. The molecule has 2 N–H and O–H groups in total. The van der Waals surface area contributed by atoms with Crippen molar-refractivity contribution in [3.05, 3.63) is 32.3 Å². The fourth-order valence-electron chi connectivity index (χ4n) is 2.10. The Morgan fingerprint density at radius 2 is 1.96 bits per heavy atom. The molecular formula is C15H14Br2N2O5. The highest BCUT2D eigenvalue weighted by atomic mass is 79.9. The predicted octanol–water partition coefficient (Wildman–Crippen LogP) is 2.98. The first-order valence-corrected chi connectivity index (χ1v) is 8.60. The Kier molecular flexibility index (Phi) is 6.00. The summed E-state index contributed by atoms with van der Waals surface area (Å²) in [6, 6.07) is 2.89. The highest BCUT2D eigenvalue weighted by Crippen LogP contribution is 2.35. The summed E-state index contributed by atoms with van der Waals surface area (Å²) in [5.74, 6) is -1.12. The summed E-state index contributed by atoms with van der Waals surface area (Å²) in [5.41, 5.74) is 0.824. The number of nitrogens with one attached hydrogen (secondary N) is 1. The van der Waals surface area contributed by atoms with Gasteiger partial charge in [-0.25, -0.2) is 9.59 Å². The fraction of sp³-hybridized carbons (Fsp3) is 0.267. The predicted molar refractivity (Wildman–Crippen MR) is 93.5 cm³/mol. The number of hydrogen-bond donors (Lipinski definition) is 2. The summed E-state index contributed by atoms with van der Waals surface area (Å²) in [5, 5.41) is 11.2. The normalized spacial score (nSPS) is 15.8. The summed E-state index contributed by atoms with van der Waals surface area (Å²) in [6.07, 6.45) is 2.23. The molecule has 128 valence electrons. The molecule has 0 atom stereocenters. The van der Waals surface area contributed by atoms with E-state index >= 15 is 0 Å². The monoisotopic (exact) mass is 460 g/mol. The van der Waals surface area contributed by atoms with Gasteiger partial charge in [0.1, 0.15) is 11.4 Å². The summed E-state index contributed by atoms with van der Waals surface area (Å²) in [7, 11) is 0. The number of urea groups is 1. The lowest BCUT2D eigenvalue weighted by Gasteiger charge is -2.10. The third-order valence-corrected chi connectivity index (χ3v) is 4.26. The minimum absolute atomic E-state index is 0.187. The van der Waals surface area contributed by atoms with Crippen LogP contribution in [0, 0.1) is 0 Å². The second kappa shape index (κ2) is 7.80. The number of benzene rings is 1. The van der Waals surface area contributed by atoms with Gasteiger partial charge >= 0.3 is 12.0 Å². The van der Waals surface area contributed by atoms with Crippen LogP contribution < -0.4 is 10.1 Å². The van der Waals surface area contributed by atoms with Crippen LogP contribution in [-0.2, 0) is 9.59 Å². The molecule has 1 saturated heterocycles. The van der Waals surface area contributed by atoms with Crippen molar-refractivity contribution in [1.29, 1.82) is 0 Å². The molecule has 0 bridgehead atoms. The second-order valence-electron chi connectivity index (χ2n) is 4.94. The van der Waals surface area contributed by atoms with Crippen LogP contribution in [-0.4, -0.2) is 41.1 Å². The van der Waals surface area contributed by atoms with Gasteiger partial charge in [0, 0.05) is 6.54 Å². The number of imide groups is 1. The zero-order valence-corrected chi connectivity index (χ0v) is 15.8. The maximum absolute atomic E-state index is 12.2. The molecule has 3 amide bonds. The molecule has 0 aliphatic carbocycles. The molecule has 1 aliphatic rings. The molecule has 1 aromatic carbocycles. The van der Waals surface area contributed by atoms with Gasteiger partial charge < -0.3 is 15.2 Å². The molecule has 7 nitrogen and oxygen atoms in total. The molecular weight excluding hydrogens is 448 g/mol. The lowest BCUT2D eigenvalue weighted by Crippen LogP contribution is -2.31. The molecule has 1 aromatic rings. The molecule has 2 rings (SSSR count). The summed E-state index contributed by atoms with van der Waals surface area (Å²) >= 11 is 6.60. The van der Waals surface area contributed by atoms with Crippen LogP contribution in [0.5, 0.6) is 5.75 Å². The first-order valence-electron chi connectivity index (χ1n) is 7.01. The zero-order chi connectivity index (χ0) is 17.9. The number of ether oxygens (including phenoxy) is 1. The number of carboxylic acid groups (broad SMARTS) is 1. The van der Waals surface area contributed by atoms with E-state index in [0.717, 1.165) is 4.90 Å².